The van der Waals surface area contributed by atoms with Gasteiger partial charge in [-0.25, -0.2) is 4.79 Å². The van der Waals surface area contributed by atoms with Crippen molar-refractivity contribution in [1.29, 1.82) is 0 Å². The van der Waals surface area contributed by atoms with Crippen LogP contribution in [0.15, 0.2) is 54.6 Å². The minimum atomic E-state index is -3.71. The van der Waals surface area contributed by atoms with Crippen LogP contribution < -0.4 is 14.2 Å². The van der Waals surface area contributed by atoms with Gasteiger partial charge >= 0.3 is 12.3 Å². The lowest BCUT2D eigenvalue weighted by atomic mass is 9.86. The highest BCUT2D eigenvalue weighted by Gasteiger charge is 2.52. The first-order chi connectivity index (χ1) is 16.6. The van der Waals surface area contributed by atoms with Crippen LogP contribution in [-0.4, -0.2) is 30.3 Å². The number of carboxylic acids is 1. The van der Waals surface area contributed by atoms with Crippen molar-refractivity contribution in [3.8, 4) is 28.4 Å². The zero-order valence-electron chi connectivity index (χ0n) is 19.1. The first-order valence-corrected chi connectivity index (χ1v) is 11.1. The predicted octanol–water partition coefficient (Wildman–Crippen LogP) is 5.78. The van der Waals surface area contributed by atoms with E-state index in [0.29, 0.717) is 29.7 Å². The second kappa shape index (κ2) is 8.08. The lowest BCUT2D eigenvalue weighted by Gasteiger charge is -2.16. The molecule has 1 fully saturated rings. The van der Waals surface area contributed by atoms with Crippen LogP contribution in [0.2, 0.25) is 0 Å². The summed E-state index contributed by atoms with van der Waals surface area (Å²) in [5, 5.41) is 9.45. The fourth-order valence-corrected chi connectivity index (χ4v) is 4.54. The predicted molar refractivity (Wildman–Crippen MR) is 125 cm³/mol. The van der Waals surface area contributed by atoms with Crippen LogP contribution in [0.3, 0.4) is 0 Å². The number of carbonyl (C=O) groups is 2. The van der Waals surface area contributed by atoms with Gasteiger partial charge in [-0.1, -0.05) is 24.3 Å². The van der Waals surface area contributed by atoms with Crippen molar-refractivity contribution in [2.45, 2.75) is 37.9 Å². The van der Waals surface area contributed by atoms with Crippen molar-refractivity contribution in [1.82, 2.24) is 0 Å². The Morgan fingerprint density at radius 3 is 2.46 bits per heavy atom. The smallest absolute Gasteiger partial charge is 0.497 e. The number of carboxylic acid groups (broad SMARTS) is 1. The van der Waals surface area contributed by atoms with Gasteiger partial charge in [-0.05, 0) is 77.9 Å². The van der Waals surface area contributed by atoms with E-state index in [9.17, 15) is 23.5 Å². The molecule has 0 bridgehead atoms. The molecule has 2 aliphatic rings. The summed E-state index contributed by atoms with van der Waals surface area (Å²) in [6.07, 6.45) is -2.31. The molecule has 1 aliphatic heterocycles. The monoisotopic (exact) mass is 482 g/mol. The van der Waals surface area contributed by atoms with Gasteiger partial charge in [-0.3, -0.25) is 4.79 Å². The number of fused-ring (bicyclic) bond motifs is 1. The molecule has 6 nitrogen and oxygen atoms in total. The molecule has 1 N–H and O–H groups in total. The number of hydrogen-bond acceptors (Lipinski definition) is 5. The lowest BCUT2D eigenvalue weighted by Crippen LogP contribution is -2.26. The maximum absolute atomic E-state index is 13.4. The van der Waals surface area contributed by atoms with E-state index in [-0.39, 0.29) is 30.7 Å². The van der Waals surface area contributed by atoms with E-state index in [1.165, 1.54) is 25.3 Å². The van der Waals surface area contributed by atoms with Crippen molar-refractivity contribution < 1.29 is 39.1 Å². The SMILES string of the molecule is COc1cc(C(=O)O)cc(-c2cc(CC(=O)C3(c4ccc5c(c4)OC(F)(F)O5)CC3)ccc2C)c1.[HH]. The zero-order valence-corrected chi connectivity index (χ0v) is 19.1. The topological polar surface area (TPSA) is 82.1 Å². The van der Waals surface area contributed by atoms with E-state index in [0.717, 1.165) is 16.7 Å². The summed E-state index contributed by atoms with van der Waals surface area (Å²) < 4.78 is 41.1. The van der Waals surface area contributed by atoms with Gasteiger partial charge in [0.25, 0.3) is 0 Å². The summed E-state index contributed by atoms with van der Waals surface area (Å²) in [6, 6.07) is 14.9. The van der Waals surface area contributed by atoms with Gasteiger partial charge in [0.1, 0.15) is 11.5 Å². The average Bonchev–Trinajstić information content (AvgIpc) is 3.57. The van der Waals surface area contributed by atoms with Gasteiger partial charge < -0.3 is 19.3 Å². The fourth-order valence-electron chi connectivity index (χ4n) is 4.54. The molecule has 0 unspecified atom stereocenters. The van der Waals surface area contributed by atoms with Crippen molar-refractivity contribution in [2.75, 3.05) is 7.11 Å². The van der Waals surface area contributed by atoms with Crippen LogP contribution in [0.5, 0.6) is 17.2 Å². The highest BCUT2D eigenvalue weighted by Crippen LogP contribution is 2.52. The summed E-state index contributed by atoms with van der Waals surface area (Å²) in [5.74, 6) is -0.784. The van der Waals surface area contributed by atoms with Crippen molar-refractivity contribution >= 4 is 11.8 Å². The number of benzene rings is 3. The van der Waals surface area contributed by atoms with Crippen LogP contribution >= 0.6 is 0 Å². The molecule has 3 aromatic rings. The highest BCUT2D eigenvalue weighted by atomic mass is 19.3. The van der Waals surface area contributed by atoms with E-state index in [2.05, 4.69) is 9.47 Å². The zero-order chi connectivity index (χ0) is 25.0. The Hall–Kier alpha value is -3.94. The number of ether oxygens (including phenoxy) is 3. The highest BCUT2D eigenvalue weighted by molar-refractivity contribution is 5.95. The number of halogens is 2. The number of rotatable bonds is 7. The molecule has 0 radical (unpaired) electrons. The number of Topliss-reactive ketones (excluding diaryl/α,β-unsaturated/α-hetero) is 1. The number of aromatic carboxylic acids is 1. The summed E-state index contributed by atoms with van der Waals surface area (Å²) in [4.78, 5) is 24.9. The maximum Gasteiger partial charge on any atom is 0.586 e. The quantitative estimate of drug-likeness (QED) is 0.460. The van der Waals surface area contributed by atoms with Gasteiger partial charge in [-0.2, -0.15) is 0 Å². The minimum Gasteiger partial charge on any atom is -0.497 e. The summed E-state index contributed by atoms with van der Waals surface area (Å²) in [5.41, 5.74) is 3.16. The van der Waals surface area contributed by atoms with Crippen LogP contribution in [-0.2, 0) is 16.6 Å². The Morgan fingerprint density at radius 1 is 1.03 bits per heavy atom. The largest absolute Gasteiger partial charge is 0.586 e. The molecule has 0 saturated heterocycles. The third kappa shape index (κ3) is 4.20. The van der Waals surface area contributed by atoms with Crippen molar-refractivity contribution in [3.63, 3.8) is 0 Å². The van der Waals surface area contributed by atoms with E-state index < -0.39 is 17.7 Å². The third-order valence-corrected chi connectivity index (χ3v) is 6.60. The van der Waals surface area contributed by atoms with Crippen molar-refractivity contribution in [2.24, 2.45) is 0 Å². The molecule has 1 saturated carbocycles. The van der Waals surface area contributed by atoms with Crippen molar-refractivity contribution in [3.05, 3.63) is 76.9 Å². The molecule has 5 rings (SSSR count). The van der Waals surface area contributed by atoms with E-state index in [1.54, 1.807) is 18.2 Å². The molecule has 0 spiro atoms. The number of methoxy groups -OCH3 is 1. The first kappa shape index (κ1) is 22.8. The van der Waals surface area contributed by atoms with Gasteiger partial charge in [-0.15, -0.1) is 8.78 Å². The normalized spacial score (nSPS) is 16.6. The first-order valence-electron chi connectivity index (χ1n) is 11.1. The molecular weight excluding hydrogens is 458 g/mol. The van der Waals surface area contributed by atoms with Crippen LogP contribution in [0.1, 0.15) is 41.3 Å². The average molecular weight is 482 g/mol. The second-order valence-electron chi connectivity index (χ2n) is 8.92. The third-order valence-electron chi connectivity index (χ3n) is 6.60. The summed E-state index contributed by atoms with van der Waals surface area (Å²) in [7, 11) is 1.47. The number of carbonyl (C=O) groups excluding carboxylic acids is 1. The maximum atomic E-state index is 13.4. The lowest BCUT2D eigenvalue weighted by molar-refractivity contribution is -0.286. The molecule has 3 aromatic carbocycles. The Morgan fingerprint density at radius 2 is 1.77 bits per heavy atom. The molecule has 0 atom stereocenters. The Balaban J connectivity index is 0.00000304. The summed E-state index contributed by atoms with van der Waals surface area (Å²) >= 11 is 0. The van der Waals surface area contributed by atoms with Crippen LogP contribution in [0.4, 0.5) is 8.78 Å². The molecule has 1 aliphatic carbocycles. The Bertz CT molecular complexity index is 1370. The summed E-state index contributed by atoms with van der Waals surface area (Å²) in [6.45, 7) is 1.91. The molecular formula is C27H24F2O6. The van der Waals surface area contributed by atoms with E-state index >= 15 is 0 Å². The van der Waals surface area contributed by atoms with Gasteiger partial charge in [0.05, 0.1) is 18.1 Å². The van der Waals surface area contributed by atoms with Gasteiger partial charge in [0, 0.05) is 7.85 Å². The number of aryl methyl sites for hydroxylation is 1. The van der Waals surface area contributed by atoms with Gasteiger partial charge in [0.15, 0.2) is 11.5 Å². The van der Waals surface area contributed by atoms with E-state index in [1.807, 2.05) is 25.1 Å². The second-order valence-corrected chi connectivity index (χ2v) is 8.92. The molecule has 0 aromatic heterocycles. The van der Waals surface area contributed by atoms with Gasteiger partial charge in [0.2, 0.25) is 0 Å². The number of ketones is 1. The minimum absolute atomic E-state index is 0. The molecule has 35 heavy (non-hydrogen) atoms. The standard InChI is InChI=1S/C27H22F2O6.H2/c1-15-3-4-16(9-21(15)17-11-18(25(31)32)13-20(12-17)33-2)10-24(30)26(7-8-26)19-5-6-22-23(14-19)35-27(28,29)34-22;/h3-6,9,11-14H,7-8,10H2,1-2H3,(H,31,32);1H. The number of hydrogen-bond donors (Lipinski definition) is 1. The number of alkyl halides is 2. The molecule has 182 valence electrons. The Labute approximate surface area is 201 Å². The fraction of sp³-hybridized carbons (Fsp3) is 0.259. The Kier molecular flexibility index (Phi) is 5.27. The van der Waals surface area contributed by atoms with Crippen LogP contribution in [0, 0.1) is 6.92 Å². The van der Waals surface area contributed by atoms with Crippen LogP contribution in [0.25, 0.3) is 11.1 Å². The van der Waals surface area contributed by atoms with E-state index in [4.69, 9.17) is 4.74 Å². The molecule has 8 heteroatoms. The molecule has 1 heterocycles. The molecule has 0 amide bonds.